The molecule has 0 radical (unpaired) electrons. The highest BCUT2D eigenvalue weighted by Gasteiger charge is 2.25. The van der Waals surface area contributed by atoms with Crippen LogP contribution >= 0.6 is 0 Å². The normalized spacial score (nSPS) is 17.8. The minimum absolute atomic E-state index is 0.143. The van der Waals surface area contributed by atoms with Gasteiger partial charge in [-0.05, 0) is 24.8 Å². The number of hydrogen-bond acceptors (Lipinski definition) is 1. The maximum atomic E-state index is 12.2. The van der Waals surface area contributed by atoms with E-state index < -0.39 is 0 Å². The summed E-state index contributed by atoms with van der Waals surface area (Å²) in [6.07, 6.45) is 4.29. The predicted octanol–water partition coefficient (Wildman–Crippen LogP) is 0.852. The standard InChI is InChI=1S/C14H20N2O/c15-13(11-12-7-3-1-4-8-12)14(17)16-9-5-2-6-10-16/h1,3-4,7-8,13H,2,5-6,9-11,15H2/p+1/t13-/m1/s1. The van der Waals surface area contributed by atoms with Crippen molar-refractivity contribution in [3.8, 4) is 0 Å². The summed E-state index contributed by atoms with van der Waals surface area (Å²) in [7, 11) is 0. The third-order valence-corrected chi connectivity index (χ3v) is 3.34. The summed E-state index contributed by atoms with van der Waals surface area (Å²) in [5, 5.41) is 0. The summed E-state index contributed by atoms with van der Waals surface area (Å²) in [6.45, 7) is 1.83. The minimum atomic E-state index is -0.143. The fourth-order valence-corrected chi connectivity index (χ4v) is 2.36. The van der Waals surface area contributed by atoms with Crippen molar-refractivity contribution >= 4 is 5.91 Å². The molecule has 1 atom stereocenters. The van der Waals surface area contributed by atoms with E-state index >= 15 is 0 Å². The average molecular weight is 233 g/mol. The van der Waals surface area contributed by atoms with Crippen molar-refractivity contribution in [2.24, 2.45) is 0 Å². The summed E-state index contributed by atoms with van der Waals surface area (Å²) < 4.78 is 0. The number of carbonyl (C=O) groups excluding carboxylic acids is 1. The molecular weight excluding hydrogens is 212 g/mol. The molecule has 0 aliphatic carbocycles. The molecule has 3 N–H and O–H groups in total. The molecule has 17 heavy (non-hydrogen) atoms. The van der Waals surface area contributed by atoms with Gasteiger partial charge in [0.05, 0.1) is 0 Å². The third-order valence-electron chi connectivity index (χ3n) is 3.34. The molecule has 0 bridgehead atoms. The number of nitrogens with zero attached hydrogens (tertiary/aromatic N) is 1. The molecule has 1 aromatic rings. The number of benzene rings is 1. The lowest BCUT2D eigenvalue weighted by Gasteiger charge is -2.27. The Labute approximate surface area is 103 Å². The summed E-state index contributed by atoms with van der Waals surface area (Å²) in [5.41, 5.74) is 5.21. The van der Waals surface area contributed by atoms with Gasteiger partial charge in [-0.25, -0.2) is 0 Å². The molecule has 0 unspecified atom stereocenters. The monoisotopic (exact) mass is 233 g/mol. The maximum Gasteiger partial charge on any atom is 0.281 e. The topological polar surface area (TPSA) is 48.0 Å². The van der Waals surface area contributed by atoms with Gasteiger partial charge in [0.15, 0.2) is 6.04 Å². The predicted molar refractivity (Wildman–Crippen MR) is 67.3 cm³/mol. The van der Waals surface area contributed by atoms with Gasteiger partial charge in [-0.15, -0.1) is 0 Å². The van der Waals surface area contributed by atoms with Crippen LogP contribution in [0, 0.1) is 0 Å². The lowest BCUT2D eigenvalue weighted by molar-refractivity contribution is -0.405. The third kappa shape index (κ3) is 3.30. The minimum Gasteiger partial charge on any atom is -0.347 e. The van der Waals surface area contributed by atoms with Gasteiger partial charge in [0.25, 0.3) is 5.91 Å². The Morgan fingerprint density at radius 3 is 2.47 bits per heavy atom. The Morgan fingerprint density at radius 2 is 1.82 bits per heavy atom. The number of piperidine rings is 1. The van der Waals surface area contributed by atoms with E-state index in [0.29, 0.717) is 0 Å². The first-order valence-corrected chi connectivity index (χ1v) is 6.43. The molecule has 1 fully saturated rings. The van der Waals surface area contributed by atoms with Crippen LogP contribution in [-0.2, 0) is 11.2 Å². The molecule has 3 heteroatoms. The molecule has 1 amide bonds. The zero-order valence-corrected chi connectivity index (χ0v) is 10.3. The Hall–Kier alpha value is -1.35. The lowest BCUT2D eigenvalue weighted by atomic mass is 10.0. The molecule has 0 saturated carbocycles. The van der Waals surface area contributed by atoms with Gasteiger partial charge in [0, 0.05) is 19.5 Å². The van der Waals surface area contributed by atoms with Gasteiger partial charge < -0.3 is 10.6 Å². The molecule has 1 saturated heterocycles. The van der Waals surface area contributed by atoms with Crippen LogP contribution in [0.5, 0.6) is 0 Å². The highest BCUT2D eigenvalue weighted by molar-refractivity contribution is 5.80. The largest absolute Gasteiger partial charge is 0.347 e. The van der Waals surface area contributed by atoms with Gasteiger partial charge in [-0.2, -0.15) is 0 Å². The van der Waals surface area contributed by atoms with Crippen LogP contribution in [0.3, 0.4) is 0 Å². The molecule has 1 aromatic carbocycles. The zero-order chi connectivity index (χ0) is 12.1. The van der Waals surface area contributed by atoms with Gasteiger partial charge in [-0.3, -0.25) is 4.79 Å². The van der Waals surface area contributed by atoms with Crippen LogP contribution in [0.4, 0.5) is 0 Å². The molecule has 92 valence electrons. The van der Waals surface area contributed by atoms with E-state index in [4.69, 9.17) is 0 Å². The highest BCUT2D eigenvalue weighted by Crippen LogP contribution is 2.10. The number of hydrogen-bond donors (Lipinski definition) is 1. The summed E-state index contributed by atoms with van der Waals surface area (Å²) in [6, 6.07) is 9.98. The lowest BCUT2D eigenvalue weighted by Crippen LogP contribution is -2.69. The Morgan fingerprint density at radius 1 is 1.18 bits per heavy atom. The Balaban J connectivity index is 1.90. The number of amides is 1. The van der Waals surface area contributed by atoms with Crippen molar-refractivity contribution in [2.45, 2.75) is 31.7 Å². The van der Waals surface area contributed by atoms with E-state index in [1.807, 2.05) is 23.1 Å². The van der Waals surface area contributed by atoms with Gasteiger partial charge in [0.2, 0.25) is 0 Å². The van der Waals surface area contributed by atoms with Gasteiger partial charge >= 0.3 is 0 Å². The Kier molecular flexibility index (Phi) is 4.15. The first-order chi connectivity index (χ1) is 8.27. The molecule has 0 aromatic heterocycles. The van der Waals surface area contributed by atoms with Gasteiger partial charge in [-0.1, -0.05) is 30.3 Å². The van der Waals surface area contributed by atoms with Crippen LogP contribution in [0.2, 0.25) is 0 Å². The van der Waals surface area contributed by atoms with Crippen molar-refractivity contribution < 1.29 is 10.5 Å². The molecule has 1 aliphatic rings. The van der Waals surface area contributed by atoms with E-state index in [1.54, 1.807) is 0 Å². The van der Waals surface area contributed by atoms with Gasteiger partial charge in [0.1, 0.15) is 0 Å². The zero-order valence-electron chi connectivity index (χ0n) is 10.3. The van der Waals surface area contributed by atoms with E-state index in [9.17, 15) is 4.79 Å². The van der Waals surface area contributed by atoms with E-state index in [0.717, 1.165) is 32.4 Å². The first-order valence-electron chi connectivity index (χ1n) is 6.43. The number of rotatable bonds is 3. The highest BCUT2D eigenvalue weighted by atomic mass is 16.2. The molecule has 1 heterocycles. The van der Waals surface area contributed by atoms with Crippen molar-refractivity contribution in [1.82, 2.24) is 4.90 Å². The quantitative estimate of drug-likeness (QED) is 0.826. The summed E-state index contributed by atoms with van der Waals surface area (Å²) in [4.78, 5) is 14.1. The van der Waals surface area contributed by atoms with Crippen LogP contribution in [0.25, 0.3) is 0 Å². The van der Waals surface area contributed by atoms with Crippen molar-refractivity contribution in [3.05, 3.63) is 35.9 Å². The molecule has 1 aliphatic heterocycles. The second-order valence-corrected chi connectivity index (χ2v) is 4.77. The molecule has 0 spiro atoms. The SMILES string of the molecule is [NH3+][C@H](Cc1ccccc1)C(=O)N1CCCCC1. The van der Waals surface area contributed by atoms with E-state index in [2.05, 4.69) is 17.9 Å². The van der Waals surface area contributed by atoms with E-state index in [-0.39, 0.29) is 11.9 Å². The van der Waals surface area contributed by atoms with Crippen molar-refractivity contribution in [2.75, 3.05) is 13.1 Å². The number of likely N-dealkylation sites (tertiary alicyclic amines) is 1. The van der Waals surface area contributed by atoms with Crippen LogP contribution in [0.15, 0.2) is 30.3 Å². The summed E-state index contributed by atoms with van der Waals surface area (Å²) >= 11 is 0. The maximum absolute atomic E-state index is 12.2. The second-order valence-electron chi connectivity index (χ2n) is 4.77. The molecular formula is C14H21N2O+. The second kappa shape index (κ2) is 5.82. The van der Waals surface area contributed by atoms with E-state index in [1.165, 1.54) is 12.0 Å². The first kappa shape index (κ1) is 12.1. The molecule has 3 nitrogen and oxygen atoms in total. The van der Waals surface area contributed by atoms with Crippen molar-refractivity contribution in [1.29, 1.82) is 0 Å². The van der Waals surface area contributed by atoms with Crippen LogP contribution in [-0.4, -0.2) is 29.9 Å². The fourth-order valence-electron chi connectivity index (χ4n) is 2.36. The smallest absolute Gasteiger partial charge is 0.281 e. The summed E-state index contributed by atoms with van der Waals surface area (Å²) in [5.74, 6) is 0.216. The van der Waals surface area contributed by atoms with Crippen LogP contribution < -0.4 is 5.73 Å². The number of carbonyl (C=O) groups is 1. The van der Waals surface area contributed by atoms with Crippen LogP contribution in [0.1, 0.15) is 24.8 Å². The average Bonchev–Trinajstić information content (AvgIpc) is 2.40. The number of quaternary nitrogens is 1. The Bertz CT molecular complexity index is 358. The fraction of sp³-hybridized carbons (Fsp3) is 0.500. The molecule has 2 rings (SSSR count). The van der Waals surface area contributed by atoms with Crippen molar-refractivity contribution in [3.63, 3.8) is 0 Å².